The molecule has 4 nitrogen and oxygen atoms in total. The van der Waals surface area contributed by atoms with Crippen LogP contribution in [0, 0.1) is 0 Å². The van der Waals surface area contributed by atoms with E-state index in [1.807, 2.05) is 20.8 Å². The zero-order valence-corrected chi connectivity index (χ0v) is 9.53. The minimum atomic E-state index is -0.818. The topological polar surface area (TPSA) is 55.8 Å². The molecule has 0 radical (unpaired) electrons. The summed E-state index contributed by atoms with van der Waals surface area (Å²) in [5, 5.41) is 9.56. The second-order valence-corrected chi connectivity index (χ2v) is 4.28. The van der Waals surface area contributed by atoms with Gasteiger partial charge in [-0.2, -0.15) is 0 Å². The van der Waals surface area contributed by atoms with Crippen molar-refractivity contribution in [3.05, 3.63) is 0 Å². The summed E-state index contributed by atoms with van der Waals surface area (Å²) in [5.74, 6) is -0.429. The predicted molar refractivity (Wildman–Crippen MR) is 52.9 cm³/mol. The maximum absolute atomic E-state index is 10.9. The molecule has 0 aliphatic carbocycles. The van der Waals surface area contributed by atoms with Gasteiger partial charge in [0.05, 0.1) is 31.3 Å². The Bertz CT molecular complexity index is 183. The molecular formula is C10H20O4. The van der Waals surface area contributed by atoms with E-state index in [0.717, 1.165) is 0 Å². The standard InChI is InChI=1S/C10H20O4/c1-7(14-10(2,3)4)8(11)6-9(12)13-5/h7-8,11H,6H2,1-5H3. The molecule has 0 heterocycles. The van der Waals surface area contributed by atoms with Crippen LogP contribution in [0.3, 0.4) is 0 Å². The molecular weight excluding hydrogens is 184 g/mol. The summed E-state index contributed by atoms with van der Waals surface area (Å²) in [6, 6.07) is 0. The molecule has 0 aliphatic heterocycles. The smallest absolute Gasteiger partial charge is 0.308 e. The first-order valence-electron chi connectivity index (χ1n) is 4.69. The van der Waals surface area contributed by atoms with Crippen molar-refractivity contribution in [1.82, 2.24) is 0 Å². The van der Waals surface area contributed by atoms with E-state index in [4.69, 9.17) is 4.74 Å². The zero-order valence-electron chi connectivity index (χ0n) is 9.53. The average molecular weight is 204 g/mol. The number of hydrogen-bond acceptors (Lipinski definition) is 4. The van der Waals surface area contributed by atoms with Gasteiger partial charge in [-0.15, -0.1) is 0 Å². The van der Waals surface area contributed by atoms with Gasteiger partial charge < -0.3 is 14.6 Å². The van der Waals surface area contributed by atoms with Crippen LogP contribution >= 0.6 is 0 Å². The first-order valence-corrected chi connectivity index (χ1v) is 4.69. The van der Waals surface area contributed by atoms with Gasteiger partial charge in [-0.05, 0) is 27.7 Å². The number of methoxy groups -OCH3 is 1. The van der Waals surface area contributed by atoms with E-state index >= 15 is 0 Å². The fourth-order valence-electron chi connectivity index (χ4n) is 1.06. The lowest BCUT2D eigenvalue weighted by Gasteiger charge is -2.27. The van der Waals surface area contributed by atoms with Crippen LogP contribution in [-0.2, 0) is 14.3 Å². The number of carbonyl (C=O) groups is 1. The Morgan fingerprint density at radius 2 is 1.93 bits per heavy atom. The van der Waals surface area contributed by atoms with Crippen LogP contribution in [0.15, 0.2) is 0 Å². The lowest BCUT2D eigenvalue weighted by Crippen LogP contribution is -2.35. The highest BCUT2D eigenvalue weighted by molar-refractivity contribution is 5.69. The fourth-order valence-corrected chi connectivity index (χ4v) is 1.06. The Morgan fingerprint density at radius 1 is 1.43 bits per heavy atom. The second kappa shape index (κ2) is 5.32. The Hall–Kier alpha value is -0.610. The quantitative estimate of drug-likeness (QED) is 0.697. The average Bonchev–Trinajstić information content (AvgIpc) is 2.00. The lowest BCUT2D eigenvalue weighted by atomic mass is 10.1. The van der Waals surface area contributed by atoms with Crippen molar-refractivity contribution in [1.29, 1.82) is 0 Å². The minimum absolute atomic E-state index is 0.0340. The van der Waals surface area contributed by atoms with Gasteiger partial charge in [0.25, 0.3) is 0 Å². The summed E-state index contributed by atoms with van der Waals surface area (Å²) in [6.07, 6.45) is -1.23. The molecule has 4 heteroatoms. The molecule has 14 heavy (non-hydrogen) atoms. The monoisotopic (exact) mass is 204 g/mol. The molecule has 0 saturated carbocycles. The first-order chi connectivity index (χ1) is 6.26. The Labute approximate surface area is 85.2 Å². The van der Waals surface area contributed by atoms with Crippen LogP contribution < -0.4 is 0 Å². The van der Waals surface area contributed by atoms with E-state index in [0.29, 0.717) is 0 Å². The van der Waals surface area contributed by atoms with E-state index in [1.165, 1.54) is 7.11 Å². The number of ether oxygens (including phenoxy) is 2. The normalized spacial score (nSPS) is 16.1. The van der Waals surface area contributed by atoms with Gasteiger partial charge >= 0.3 is 5.97 Å². The van der Waals surface area contributed by atoms with Crippen molar-refractivity contribution in [3.8, 4) is 0 Å². The van der Waals surface area contributed by atoms with Crippen LogP contribution in [0.25, 0.3) is 0 Å². The third-order valence-electron chi connectivity index (χ3n) is 1.68. The molecule has 2 unspecified atom stereocenters. The van der Waals surface area contributed by atoms with E-state index in [1.54, 1.807) is 6.92 Å². The third-order valence-corrected chi connectivity index (χ3v) is 1.68. The molecule has 0 aromatic heterocycles. The molecule has 1 N–H and O–H groups in total. The van der Waals surface area contributed by atoms with Gasteiger partial charge in [0.2, 0.25) is 0 Å². The number of aliphatic hydroxyl groups is 1. The summed E-state index contributed by atoms with van der Waals surface area (Å²) in [7, 11) is 1.30. The van der Waals surface area contributed by atoms with E-state index in [2.05, 4.69) is 4.74 Å². The van der Waals surface area contributed by atoms with Crippen molar-refractivity contribution in [2.75, 3.05) is 7.11 Å². The molecule has 0 bridgehead atoms. The number of hydrogen-bond donors (Lipinski definition) is 1. The first kappa shape index (κ1) is 13.4. The van der Waals surface area contributed by atoms with Crippen LogP contribution in [-0.4, -0.2) is 36.0 Å². The molecule has 0 aromatic rings. The molecule has 84 valence electrons. The lowest BCUT2D eigenvalue weighted by molar-refractivity contribution is -0.149. The number of carbonyl (C=O) groups excluding carboxylic acids is 1. The Balaban J connectivity index is 3.99. The van der Waals surface area contributed by atoms with Gasteiger partial charge in [-0.3, -0.25) is 4.79 Å². The van der Waals surface area contributed by atoms with Crippen molar-refractivity contribution >= 4 is 5.97 Å². The fraction of sp³-hybridized carbons (Fsp3) is 0.900. The summed E-state index contributed by atoms with van der Waals surface area (Å²) >= 11 is 0. The highest BCUT2D eigenvalue weighted by atomic mass is 16.5. The van der Waals surface area contributed by atoms with E-state index in [9.17, 15) is 9.90 Å². The largest absolute Gasteiger partial charge is 0.469 e. The molecule has 0 saturated heterocycles. The van der Waals surface area contributed by atoms with Gasteiger partial charge in [-0.1, -0.05) is 0 Å². The molecule has 0 spiro atoms. The highest BCUT2D eigenvalue weighted by Gasteiger charge is 2.23. The highest BCUT2D eigenvalue weighted by Crippen LogP contribution is 2.14. The van der Waals surface area contributed by atoms with Crippen LogP contribution in [0.5, 0.6) is 0 Å². The van der Waals surface area contributed by atoms with E-state index < -0.39 is 12.1 Å². The van der Waals surface area contributed by atoms with Gasteiger partial charge in [0.1, 0.15) is 0 Å². The molecule has 0 rings (SSSR count). The van der Waals surface area contributed by atoms with E-state index in [-0.39, 0.29) is 18.1 Å². The van der Waals surface area contributed by atoms with Crippen LogP contribution in [0.2, 0.25) is 0 Å². The van der Waals surface area contributed by atoms with Crippen LogP contribution in [0.4, 0.5) is 0 Å². The molecule has 0 aliphatic rings. The molecule has 0 amide bonds. The number of rotatable bonds is 4. The van der Waals surface area contributed by atoms with Crippen molar-refractivity contribution in [2.24, 2.45) is 0 Å². The second-order valence-electron chi connectivity index (χ2n) is 4.28. The minimum Gasteiger partial charge on any atom is -0.469 e. The third kappa shape index (κ3) is 5.94. The van der Waals surface area contributed by atoms with Crippen molar-refractivity contribution in [2.45, 2.75) is 51.9 Å². The summed E-state index contributed by atoms with van der Waals surface area (Å²) in [6.45, 7) is 7.43. The maximum Gasteiger partial charge on any atom is 0.308 e. The molecule has 2 atom stereocenters. The summed E-state index contributed by atoms with van der Waals surface area (Å²) in [5.41, 5.74) is -0.323. The SMILES string of the molecule is COC(=O)CC(O)C(C)OC(C)(C)C. The van der Waals surface area contributed by atoms with Crippen molar-refractivity contribution in [3.63, 3.8) is 0 Å². The number of esters is 1. The predicted octanol–water partition coefficient (Wildman–Crippen LogP) is 1.11. The molecule has 0 fully saturated rings. The maximum atomic E-state index is 10.9. The summed E-state index contributed by atoms with van der Waals surface area (Å²) < 4.78 is 9.93. The van der Waals surface area contributed by atoms with Gasteiger partial charge in [-0.25, -0.2) is 0 Å². The Morgan fingerprint density at radius 3 is 2.29 bits per heavy atom. The van der Waals surface area contributed by atoms with Crippen LogP contribution in [0.1, 0.15) is 34.1 Å². The Kier molecular flexibility index (Phi) is 5.08. The molecule has 0 aromatic carbocycles. The zero-order chi connectivity index (χ0) is 11.4. The number of aliphatic hydroxyl groups excluding tert-OH is 1. The summed E-state index contributed by atoms with van der Waals surface area (Å²) in [4.78, 5) is 10.9. The van der Waals surface area contributed by atoms with Gasteiger partial charge in [0, 0.05) is 0 Å². The van der Waals surface area contributed by atoms with Gasteiger partial charge in [0.15, 0.2) is 0 Å². The van der Waals surface area contributed by atoms with Crippen molar-refractivity contribution < 1.29 is 19.4 Å².